The number of benzene rings is 3. The molecular formula is C31H32N4O5. The zero-order valence-electron chi connectivity index (χ0n) is 23.0. The first-order valence-electron chi connectivity index (χ1n) is 12.9. The van der Waals surface area contributed by atoms with Crippen LogP contribution < -0.4 is 19.5 Å². The minimum atomic E-state index is -1.21. The minimum absolute atomic E-state index is 0.193. The van der Waals surface area contributed by atoms with Crippen LogP contribution in [0.2, 0.25) is 0 Å². The summed E-state index contributed by atoms with van der Waals surface area (Å²) in [5.41, 5.74) is 2.42. The van der Waals surface area contributed by atoms with Gasteiger partial charge in [-0.15, -0.1) is 0 Å². The van der Waals surface area contributed by atoms with Gasteiger partial charge < -0.3 is 24.4 Å². The lowest BCUT2D eigenvalue weighted by Gasteiger charge is -2.43. The van der Waals surface area contributed by atoms with E-state index in [2.05, 4.69) is 5.32 Å². The Morgan fingerprint density at radius 3 is 2.23 bits per heavy atom. The van der Waals surface area contributed by atoms with E-state index in [9.17, 15) is 9.59 Å². The van der Waals surface area contributed by atoms with Crippen molar-refractivity contribution in [2.45, 2.75) is 32.1 Å². The smallest absolute Gasteiger partial charge is 0.273 e. The van der Waals surface area contributed by atoms with Crippen LogP contribution in [0.5, 0.6) is 17.2 Å². The summed E-state index contributed by atoms with van der Waals surface area (Å²) in [4.78, 5) is 29.5. The van der Waals surface area contributed by atoms with Crippen LogP contribution in [0.3, 0.4) is 0 Å². The van der Waals surface area contributed by atoms with Crippen LogP contribution in [-0.4, -0.2) is 53.4 Å². The van der Waals surface area contributed by atoms with Crippen molar-refractivity contribution in [1.29, 1.82) is 0 Å². The molecule has 1 atom stereocenters. The molecule has 40 heavy (non-hydrogen) atoms. The van der Waals surface area contributed by atoms with Crippen LogP contribution in [0.15, 0.2) is 78.9 Å². The highest BCUT2D eigenvalue weighted by Gasteiger charge is 2.48. The molecule has 0 aliphatic carbocycles. The molecule has 1 aliphatic rings. The Bertz CT molecular complexity index is 1510. The number of nitrogens with zero attached hydrogens (tertiary/aromatic N) is 3. The number of aromatic nitrogens is 2. The molecule has 4 aromatic rings. The van der Waals surface area contributed by atoms with Gasteiger partial charge in [-0.05, 0) is 61.0 Å². The zero-order chi connectivity index (χ0) is 28.3. The molecule has 2 amide bonds. The summed E-state index contributed by atoms with van der Waals surface area (Å²) in [5, 5.41) is 7.76. The molecule has 5 rings (SSSR count). The molecule has 1 aliphatic heterocycles. The Morgan fingerprint density at radius 1 is 0.925 bits per heavy atom. The van der Waals surface area contributed by atoms with Crippen molar-refractivity contribution in [1.82, 2.24) is 20.0 Å². The highest BCUT2D eigenvalue weighted by Crippen LogP contribution is 2.32. The third-order valence-corrected chi connectivity index (χ3v) is 7.30. The predicted octanol–water partition coefficient (Wildman–Crippen LogP) is 4.31. The molecule has 9 heteroatoms. The maximum Gasteiger partial charge on any atom is 0.273 e. The fourth-order valence-corrected chi connectivity index (χ4v) is 4.92. The predicted molar refractivity (Wildman–Crippen MR) is 150 cm³/mol. The molecule has 1 aromatic heterocycles. The number of para-hydroxylation sites is 1. The first kappa shape index (κ1) is 26.8. The number of carbonyl (C=O) groups is 2. The van der Waals surface area contributed by atoms with Crippen molar-refractivity contribution < 1.29 is 23.8 Å². The van der Waals surface area contributed by atoms with Gasteiger partial charge in [-0.3, -0.25) is 14.3 Å². The van der Waals surface area contributed by atoms with Gasteiger partial charge in [-0.1, -0.05) is 30.3 Å². The lowest BCUT2D eigenvalue weighted by Crippen LogP contribution is -2.63. The average Bonchev–Trinajstić information content (AvgIpc) is 3.42. The van der Waals surface area contributed by atoms with Gasteiger partial charge in [0.2, 0.25) is 5.91 Å². The van der Waals surface area contributed by atoms with Gasteiger partial charge in [0.1, 0.15) is 28.5 Å². The number of fused-ring (bicyclic) bond motifs is 1. The van der Waals surface area contributed by atoms with E-state index in [1.165, 1.54) is 0 Å². The molecule has 0 spiro atoms. The van der Waals surface area contributed by atoms with Gasteiger partial charge in [-0.2, -0.15) is 5.10 Å². The third-order valence-electron chi connectivity index (χ3n) is 7.30. The summed E-state index contributed by atoms with van der Waals surface area (Å²) in [6, 6.07) is 24.3. The van der Waals surface area contributed by atoms with Crippen molar-refractivity contribution in [3.8, 4) is 28.5 Å². The van der Waals surface area contributed by atoms with Crippen molar-refractivity contribution >= 4 is 11.8 Å². The Morgan fingerprint density at radius 2 is 1.57 bits per heavy atom. The molecule has 3 aromatic carbocycles. The van der Waals surface area contributed by atoms with E-state index < -0.39 is 5.54 Å². The molecule has 0 saturated heterocycles. The number of hydrogen-bond acceptors (Lipinski definition) is 6. The van der Waals surface area contributed by atoms with Gasteiger partial charge in [-0.25, -0.2) is 0 Å². The third kappa shape index (κ3) is 5.10. The normalized spacial score (nSPS) is 16.3. The highest BCUT2D eigenvalue weighted by atomic mass is 16.5. The molecule has 2 heterocycles. The van der Waals surface area contributed by atoms with E-state index in [4.69, 9.17) is 19.3 Å². The van der Waals surface area contributed by atoms with E-state index in [1.54, 1.807) is 43.9 Å². The minimum Gasteiger partial charge on any atom is -0.497 e. The van der Waals surface area contributed by atoms with Crippen LogP contribution in [0.4, 0.5) is 0 Å². The Balaban J connectivity index is 1.48. The summed E-state index contributed by atoms with van der Waals surface area (Å²) in [7, 11) is 4.81. The maximum absolute atomic E-state index is 14.0. The largest absolute Gasteiger partial charge is 0.497 e. The second-order valence-corrected chi connectivity index (χ2v) is 9.81. The summed E-state index contributed by atoms with van der Waals surface area (Å²) in [6.07, 6.45) is 0. The SMILES string of the molecule is COc1ccc(CN2C(=O)c3cc(-c4ccc(OC)cc4)nn3CC2(C)C(=O)NCc2ccccc2OC)cc1. The maximum atomic E-state index is 14.0. The van der Waals surface area contributed by atoms with Crippen LogP contribution >= 0.6 is 0 Å². The van der Waals surface area contributed by atoms with Crippen molar-refractivity contribution in [3.05, 3.63) is 95.7 Å². The Hall–Kier alpha value is -4.79. The topological polar surface area (TPSA) is 94.9 Å². The fourth-order valence-electron chi connectivity index (χ4n) is 4.92. The van der Waals surface area contributed by atoms with Gasteiger partial charge in [0, 0.05) is 24.2 Å². The lowest BCUT2D eigenvalue weighted by molar-refractivity contribution is -0.133. The summed E-state index contributed by atoms with van der Waals surface area (Å²) < 4.78 is 17.6. The first-order chi connectivity index (χ1) is 19.4. The van der Waals surface area contributed by atoms with Gasteiger partial charge in [0.05, 0.1) is 33.6 Å². The standard InChI is InChI=1S/C31H32N4O5/c1-31(30(37)32-18-23-7-5-6-8-28(23)40-4)20-35-27(17-26(33-35)22-11-15-25(39-3)16-12-22)29(36)34(31)19-21-9-13-24(38-2)14-10-21/h5-17H,18-20H2,1-4H3,(H,32,37). The number of nitrogens with one attached hydrogen (secondary N) is 1. The molecule has 1 N–H and O–H groups in total. The van der Waals surface area contributed by atoms with Crippen molar-refractivity contribution in [2.24, 2.45) is 0 Å². The Labute approximate surface area is 233 Å². The second kappa shape index (κ2) is 11.1. The van der Waals surface area contributed by atoms with Crippen molar-refractivity contribution in [3.63, 3.8) is 0 Å². The quantitative estimate of drug-likeness (QED) is 0.340. The molecule has 9 nitrogen and oxygen atoms in total. The van der Waals surface area contributed by atoms with Gasteiger partial charge in [0.15, 0.2) is 0 Å². The second-order valence-electron chi connectivity index (χ2n) is 9.81. The van der Waals surface area contributed by atoms with E-state index >= 15 is 0 Å². The Kier molecular flexibility index (Phi) is 7.46. The van der Waals surface area contributed by atoms with E-state index in [0.29, 0.717) is 22.9 Å². The van der Waals surface area contributed by atoms with Gasteiger partial charge in [0.25, 0.3) is 5.91 Å². The zero-order valence-corrected chi connectivity index (χ0v) is 23.0. The molecular weight excluding hydrogens is 508 g/mol. The van der Waals surface area contributed by atoms with E-state index in [1.807, 2.05) is 72.8 Å². The van der Waals surface area contributed by atoms with Crippen LogP contribution in [0.1, 0.15) is 28.5 Å². The highest BCUT2D eigenvalue weighted by molar-refractivity contribution is 6.00. The number of hydrogen-bond donors (Lipinski definition) is 1. The fraction of sp³-hybridized carbons (Fsp3) is 0.258. The summed E-state index contributed by atoms with van der Waals surface area (Å²) in [5.74, 6) is 1.57. The summed E-state index contributed by atoms with van der Waals surface area (Å²) in [6.45, 7) is 2.47. The molecule has 0 fully saturated rings. The first-order valence-corrected chi connectivity index (χ1v) is 12.9. The molecule has 206 valence electrons. The lowest BCUT2D eigenvalue weighted by atomic mass is 9.94. The van der Waals surface area contributed by atoms with Crippen LogP contribution in [0.25, 0.3) is 11.3 Å². The van der Waals surface area contributed by atoms with E-state index in [-0.39, 0.29) is 31.4 Å². The number of methoxy groups -OCH3 is 3. The van der Waals surface area contributed by atoms with Crippen LogP contribution in [0, 0.1) is 0 Å². The molecule has 1 unspecified atom stereocenters. The molecule has 0 radical (unpaired) electrons. The number of rotatable bonds is 9. The number of carbonyl (C=O) groups excluding carboxylic acids is 2. The van der Waals surface area contributed by atoms with Gasteiger partial charge >= 0.3 is 0 Å². The average molecular weight is 541 g/mol. The van der Waals surface area contributed by atoms with Crippen LogP contribution in [-0.2, 0) is 24.4 Å². The van der Waals surface area contributed by atoms with Crippen molar-refractivity contribution in [2.75, 3.05) is 21.3 Å². The monoisotopic (exact) mass is 540 g/mol. The molecule has 0 bridgehead atoms. The number of ether oxygens (including phenoxy) is 3. The number of amides is 2. The van der Waals surface area contributed by atoms with E-state index in [0.717, 1.165) is 22.4 Å². The summed E-state index contributed by atoms with van der Waals surface area (Å²) >= 11 is 0. The molecule has 0 saturated carbocycles.